The summed E-state index contributed by atoms with van der Waals surface area (Å²) in [6, 6.07) is -3.85. The van der Waals surface area contributed by atoms with Crippen LogP contribution in [0.3, 0.4) is 0 Å². The third kappa shape index (κ3) is 13.6. The number of rotatable bonds is 14. The van der Waals surface area contributed by atoms with Crippen LogP contribution in [0.25, 0.3) is 0 Å². The van der Waals surface area contributed by atoms with Gasteiger partial charge in [0.25, 0.3) is 0 Å². The van der Waals surface area contributed by atoms with Gasteiger partial charge in [0.15, 0.2) is 0 Å². The molecule has 0 spiro atoms. The molecule has 0 saturated carbocycles. The number of ketones is 1. The number of hydrogen-bond donors (Lipinski definition) is 6. The predicted octanol–water partition coefficient (Wildman–Crippen LogP) is -2.97. The SMILES string of the molecule is NC(=O)NCCC[C@H](N)C(=O)OC(=O)CCC(=O)C(=O)OC(=O)[C@@H](N)CCCNC(N)=O. The van der Waals surface area contributed by atoms with Crippen LogP contribution in [0, 0.1) is 0 Å². The molecule has 4 amide bonds. The molecule has 2 atom stereocenters. The minimum atomic E-state index is -1.52. The van der Waals surface area contributed by atoms with Crippen LogP contribution in [0.15, 0.2) is 0 Å². The lowest BCUT2D eigenvalue weighted by Crippen LogP contribution is -2.37. The number of carbonyl (C=O) groups excluding carboxylic acids is 7. The van der Waals surface area contributed by atoms with Crippen molar-refractivity contribution in [3.05, 3.63) is 0 Å². The minimum absolute atomic E-state index is 0.0495. The Balaban J connectivity index is 4.20. The van der Waals surface area contributed by atoms with Gasteiger partial charge in [-0.2, -0.15) is 0 Å². The van der Waals surface area contributed by atoms with Crippen LogP contribution < -0.4 is 33.6 Å². The van der Waals surface area contributed by atoms with E-state index >= 15 is 0 Å². The number of nitrogens with one attached hydrogen (secondary N) is 2. The topological polar surface area (TPSA) is 266 Å². The molecule has 0 heterocycles. The molecule has 0 aliphatic carbocycles. The molecule has 0 bridgehead atoms. The van der Waals surface area contributed by atoms with Gasteiger partial charge in [-0.1, -0.05) is 0 Å². The standard InChI is InChI=1S/C17H28N6O9/c18-9(3-1-7-22-16(20)29)13(26)31-12(25)6-5-11(24)15(28)32-14(27)10(19)4-2-8-23-17(21)30/h9-10H,1-8,18-19H2,(H3,20,22,29)(H3,21,23,30)/t9-,10-/m0/s1. The fourth-order valence-electron chi connectivity index (χ4n) is 2.08. The van der Waals surface area contributed by atoms with E-state index in [0.717, 1.165) is 0 Å². The third-order valence-corrected chi connectivity index (χ3v) is 3.78. The second-order valence-corrected chi connectivity index (χ2v) is 6.50. The summed E-state index contributed by atoms with van der Waals surface area (Å²) in [5, 5.41) is 4.57. The number of nitrogens with two attached hydrogens (primary N) is 4. The number of Topliss-reactive ketones (excluding diaryl/α,β-unsaturated/α-hetero) is 1. The summed E-state index contributed by atoms with van der Waals surface area (Å²) in [6.07, 6.45) is -0.588. The van der Waals surface area contributed by atoms with Crippen LogP contribution in [0.2, 0.25) is 0 Å². The summed E-state index contributed by atoms with van der Waals surface area (Å²) in [4.78, 5) is 79.3. The van der Waals surface area contributed by atoms with Crippen LogP contribution >= 0.6 is 0 Å². The number of primary amides is 2. The molecule has 0 aromatic rings. The van der Waals surface area contributed by atoms with Crippen molar-refractivity contribution in [2.75, 3.05) is 13.1 Å². The molecule has 15 nitrogen and oxygen atoms in total. The second kappa shape index (κ2) is 15.2. The first-order valence-corrected chi connectivity index (χ1v) is 9.55. The van der Waals surface area contributed by atoms with Gasteiger partial charge in [-0.05, 0) is 25.7 Å². The summed E-state index contributed by atoms with van der Waals surface area (Å²) < 4.78 is 8.80. The lowest BCUT2D eigenvalue weighted by molar-refractivity contribution is -0.165. The van der Waals surface area contributed by atoms with E-state index in [9.17, 15) is 33.6 Å². The zero-order valence-corrected chi connectivity index (χ0v) is 17.3. The number of amides is 4. The van der Waals surface area contributed by atoms with E-state index in [1.807, 2.05) is 0 Å². The quantitative estimate of drug-likeness (QED) is 0.0659. The Kier molecular flexibility index (Phi) is 13.5. The average molecular weight is 460 g/mol. The maximum absolute atomic E-state index is 11.7. The molecule has 0 aromatic carbocycles. The average Bonchev–Trinajstić information content (AvgIpc) is 2.71. The fraction of sp³-hybridized carbons (Fsp3) is 0.588. The highest BCUT2D eigenvalue weighted by Crippen LogP contribution is 2.03. The summed E-state index contributed by atoms with van der Waals surface area (Å²) in [5.74, 6) is -6.02. The fourth-order valence-corrected chi connectivity index (χ4v) is 2.08. The molecule has 0 rings (SSSR count). The summed E-state index contributed by atoms with van der Waals surface area (Å²) >= 11 is 0. The largest absolute Gasteiger partial charge is 0.392 e. The summed E-state index contributed by atoms with van der Waals surface area (Å²) in [6.45, 7) is 0.325. The highest BCUT2D eigenvalue weighted by atomic mass is 16.6. The van der Waals surface area contributed by atoms with Crippen molar-refractivity contribution in [1.29, 1.82) is 0 Å². The van der Waals surface area contributed by atoms with Crippen molar-refractivity contribution in [2.45, 2.75) is 50.6 Å². The zero-order chi connectivity index (χ0) is 24.7. The number of carbonyl (C=O) groups is 7. The number of urea groups is 2. The molecule has 32 heavy (non-hydrogen) atoms. The molecule has 0 aliphatic rings. The van der Waals surface area contributed by atoms with Crippen molar-refractivity contribution < 1.29 is 43.0 Å². The molecule has 180 valence electrons. The first-order valence-electron chi connectivity index (χ1n) is 9.55. The van der Waals surface area contributed by atoms with Crippen LogP contribution in [0.1, 0.15) is 38.5 Å². The normalized spacial score (nSPS) is 12.1. The Morgan fingerprint density at radius 1 is 0.688 bits per heavy atom. The number of esters is 4. The maximum Gasteiger partial charge on any atom is 0.382 e. The lowest BCUT2D eigenvalue weighted by Gasteiger charge is -2.11. The Morgan fingerprint density at radius 3 is 1.56 bits per heavy atom. The monoisotopic (exact) mass is 460 g/mol. The first kappa shape index (κ1) is 28.4. The van der Waals surface area contributed by atoms with Gasteiger partial charge < -0.3 is 43.0 Å². The molecule has 0 fully saturated rings. The van der Waals surface area contributed by atoms with E-state index in [1.54, 1.807) is 0 Å². The van der Waals surface area contributed by atoms with Gasteiger partial charge in [-0.25, -0.2) is 24.0 Å². The van der Waals surface area contributed by atoms with Gasteiger partial charge in [0.05, 0.1) is 6.42 Å². The van der Waals surface area contributed by atoms with E-state index in [2.05, 4.69) is 20.1 Å². The molecular weight excluding hydrogens is 432 g/mol. The number of ether oxygens (including phenoxy) is 2. The van der Waals surface area contributed by atoms with Crippen LogP contribution in [0.5, 0.6) is 0 Å². The predicted molar refractivity (Wildman–Crippen MR) is 106 cm³/mol. The maximum atomic E-state index is 11.7. The smallest absolute Gasteiger partial charge is 0.382 e. The molecule has 15 heteroatoms. The number of hydrogen-bond acceptors (Lipinski definition) is 11. The molecule has 0 saturated heterocycles. The van der Waals surface area contributed by atoms with E-state index < -0.39 is 66.6 Å². The molecule has 10 N–H and O–H groups in total. The van der Waals surface area contributed by atoms with E-state index in [-0.39, 0.29) is 32.4 Å². The van der Waals surface area contributed by atoms with Gasteiger partial charge in [0, 0.05) is 19.5 Å². The van der Waals surface area contributed by atoms with Gasteiger partial charge in [0.2, 0.25) is 5.78 Å². The van der Waals surface area contributed by atoms with Crippen LogP contribution in [-0.2, 0) is 33.4 Å². The molecule has 0 unspecified atom stereocenters. The Bertz CT molecular complexity index is 727. The van der Waals surface area contributed by atoms with Gasteiger partial charge in [-0.15, -0.1) is 0 Å². The Labute approximate surface area is 182 Å². The molecule has 0 aliphatic heterocycles. The van der Waals surface area contributed by atoms with E-state index in [0.29, 0.717) is 6.42 Å². The van der Waals surface area contributed by atoms with Crippen molar-refractivity contribution in [3.8, 4) is 0 Å². The van der Waals surface area contributed by atoms with E-state index in [4.69, 9.17) is 22.9 Å². The minimum Gasteiger partial charge on any atom is -0.392 e. The molecular formula is C17H28N6O9. The van der Waals surface area contributed by atoms with Gasteiger partial charge in [0.1, 0.15) is 12.1 Å². The third-order valence-electron chi connectivity index (χ3n) is 3.78. The molecule has 0 radical (unpaired) electrons. The molecule has 0 aromatic heterocycles. The van der Waals surface area contributed by atoms with Crippen LogP contribution in [-0.4, -0.2) is 66.9 Å². The second-order valence-electron chi connectivity index (χ2n) is 6.50. The Morgan fingerprint density at radius 2 is 1.12 bits per heavy atom. The lowest BCUT2D eigenvalue weighted by atomic mass is 10.1. The Hall–Kier alpha value is -3.59. The van der Waals surface area contributed by atoms with Crippen molar-refractivity contribution in [1.82, 2.24) is 10.6 Å². The zero-order valence-electron chi connectivity index (χ0n) is 17.3. The van der Waals surface area contributed by atoms with Crippen molar-refractivity contribution in [2.24, 2.45) is 22.9 Å². The highest BCUT2D eigenvalue weighted by Gasteiger charge is 2.25. The summed E-state index contributed by atoms with van der Waals surface area (Å²) in [7, 11) is 0. The van der Waals surface area contributed by atoms with E-state index in [1.165, 1.54) is 0 Å². The first-order chi connectivity index (χ1) is 14.9. The van der Waals surface area contributed by atoms with Gasteiger partial charge in [-0.3, -0.25) is 9.59 Å². The van der Waals surface area contributed by atoms with Crippen LogP contribution in [0.4, 0.5) is 9.59 Å². The van der Waals surface area contributed by atoms with Crippen molar-refractivity contribution in [3.63, 3.8) is 0 Å². The summed E-state index contributed by atoms with van der Waals surface area (Å²) in [5.41, 5.74) is 20.8. The van der Waals surface area contributed by atoms with Crippen molar-refractivity contribution >= 4 is 41.7 Å². The van der Waals surface area contributed by atoms with Gasteiger partial charge >= 0.3 is 35.9 Å². The highest BCUT2D eigenvalue weighted by molar-refractivity contribution is 6.35.